The zero-order valence-electron chi connectivity index (χ0n) is 11.6. The molecule has 1 aromatic heterocycles. The number of hydrogen-bond donors (Lipinski definition) is 2. The zero-order valence-corrected chi connectivity index (χ0v) is 13.9. The maximum Gasteiger partial charge on any atom is 0.323 e. The molecular weight excluding hydrogens is 343 g/mol. The van der Waals surface area contributed by atoms with E-state index in [0.29, 0.717) is 29.0 Å². The Hall–Kier alpha value is -1.34. The van der Waals surface area contributed by atoms with E-state index < -0.39 is 0 Å². The molecule has 0 spiro atoms. The van der Waals surface area contributed by atoms with Gasteiger partial charge >= 0.3 is 6.03 Å². The second-order valence-corrected chi connectivity index (χ2v) is 6.51. The summed E-state index contributed by atoms with van der Waals surface area (Å²) in [6, 6.07) is 5.24. The molecule has 8 heteroatoms. The molecule has 22 heavy (non-hydrogen) atoms. The number of aromatic nitrogens is 1. The Morgan fingerprint density at radius 2 is 2.05 bits per heavy atom. The minimum Gasteiger partial charge on any atom is -0.322 e. The molecule has 0 saturated carbocycles. The molecule has 0 atom stereocenters. The van der Waals surface area contributed by atoms with Crippen LogP contribution in [0.5, 0.6) is 0 Å². The molecule has 0 radical (unpaired) electrons. The molecule has 3 rings (SSSR count). The Bertz CT molecular complexity index is 685. The number of thiazole rings is 1. The molecule has 116 valence electrons. The fourth-order valence-electron chi connectivity index (χ4n) is 2.15. The van der Waals surface area contributed by atoms with E-state index in [4.69, 9.17) is 23.2 Å². The summed E-state index contributed by atoms with van der Waals surface area (Å²) in [5.41, 5.74) is 0.877. The van der Waals surface area contributed by atoms with Crippen LogP contribution in [-0.2, 0) is 0 Å². The van der Waals surface area contributed by atoms with E-state index in [1.54, 1.807) is 17.0 Å². The van der Waals surface area contributed by atoms with Gasteiger partial charge in [-0.2, -0.15) is 0 Å². The second-order valence-electron chi connectivity index (χ2n) is 4.83. The first-order valence-corrected chi connectivity index (χ1v) is 8.44. The molecular formula is C14H14Cl2N4OS. The van der Waals surface area contributed by atoms with Crippen molar-refractivity contribution in [1.29, 1.82) is 0 Å². The average molecular weight is 357 g/mol. The Balaban J connectivity index is 1.70. The van der Waals surface area contributed by atoms with Gasteiger partial charge in [0.1, 0.15) is 10.8 Å². The summed E-state index contributed by atoms with van der Waals surface area (Å²) in [6.07, 6.45) is 0. The van der Waals surface area contributed by atoms with Gasteiger partial charge in [-0.1, -0.05) is 29.3 Å². The van der Waals surface area contributed by atoms with E-state index in [-0.39, 0.29) is 6.03 Å². The molecule has 2 aromatic rings. The van der Waals surface area contributed by atoms with Crippen LogP contribution < -0.4 is 10.6 Å². The summed E-state index contributed by atoms with van der Waals surface area (Å²) in [5.74, 6) is 0.551. The van der Waals surface area contributed by atoms with Crippen LogP contribution in [0.4, 0.5) is 10.6 Å². The third kappa shape index (κ3) is 3.52. The lowest BCUT2D eigenvalue weighted by Crippen LogP contribution is -2.48. The largest absolute Gasteiger partial charge is 0.323 e. The minimum atomic E-state index is -0.118. The molecule has 0 unspecified atom stereocenters. The van der Waals surface area contributed by atoms with Gasteiger partial charge < -0.3 is 10.2 Å². The second kappa shape index (κ2) is 6.83. The first-order chi connectivity index (χ1) is 10.6. The number of halogens is 2. The van der Waals surface area contributed by atoms with Crippen LogP contribution in [0.1, 0.15) is 0 Å². The Morgan fingerprint density at radius 1 is 1.27 bits per heavy atom. The van der Waals surface area contributed by atoms with Gasteiger partial charge in [-0.25, -0.2) is 9.78 Å². The molecule has 2 amide bonds. The number of carbonyl (C=O) groups is 1. The Kier molecular flexibility index (Phi) is 4.83. The molecule has 1 fully saturated rings. The highest BCUT2D eigenvalue weighted by Crippen LogP contribution is 2.31. The van der Waals surface area contributed by atoms with Crippen molar-refractivity contribution < 1.29 is 4.79 Å². The number of amides is 2. The number of piperazine rings is 1. The number of carbonyl (C=O) groups excluding carboxylic acids is 1. The fourth-order valence-corrected chi connectivity index (χ4v) is 3.20. The van der Waals surface area contributed by atoms with Crippen molar-refractivity contribution in [3.63, 3.8) is 0 Å². The van der Waals surface area contributed by atoms with Crippen LogP contribution in [0, 0.1) is 0 Å². The number of rotatable bonds is 2. The van der Waals surface area contributed by atoms with Crippen molar-refractivity contribution in [2.75, 3.05) is 31.5 Å². The number of urea groups is 1. The monoisotopic (exact) mass is 356 g/mol. The molecule has 5 nitrogen and oxygen atoms in total. The first-order valence-electron chi connectivity index (χ1n) is 6.81. The number of nitrogens with one attached hydrogen (secondary N) is 2. The van der Waals surface area contributed by atoms with E-state index >= 15 is 0 Å². The minimum absolute atomic E-state index is 0.118. The fraction of sp³-hybridized carbons (Fsp3) is 0.286. The molecule has 1 aliphatic rings. The third-order valence-corrected chi connectivity index (χ3v) is 4.94. The van der Waals surface area contributed by atoms with E-state index in [2.05, 4.69) is 15.6 Å². The summed E-state index contributed by atoms with van der Waals surface area (Å²) in [6.45, 7) is 3.04. The van der Waals surface area contributed by atoms with Crippen molar-refractivity contribution in [2.45, 2.75) is 0 Å². The lowest BCUT2D eigenvalue weighted by atomic mass is 10.2. The van der Waals surface area contributed by atoms with Gasteiger partial charge in [0, 0.05) is 37.1 Å². The van der Waals surface area contributed by atoms with E-state index in [1.165, 1.54) is 11.3 Å². The standard InChI is InChI=1S/C14H14Cl2N4OS/c15-10-2-1-9(7-11(10)16)13-18-12(8-22-13)19-14(21)20-5-3-17-4-6-20/h1-2,7-8,17H,3-6H2,(H,19,21). The van der Waals surface area contributed by atoms with Gasteiger partial charge in [-0.3, -0.25) is 5.32 Å². The predicted octanol–water partition coefficient (Wildman–Crippen LogP) is 3.55. The summed E-state index contributed by atoms with van der Waals surface area (Å²) in [4.78, 5) is 18.3. The maximum absolute atomic E-state index is 12.1. The Labute approximate surface area is 142 Å². The summed E-state index contributed by atoms with van der Waals surface area (Å²) < 4.78 is 0. The van der Waals surface area contributed by atoms with Gasteiger partial charge in [0.25, 0.3) is 0 Å². The zero-order chi connectivity index (χ0) is 15.5. The van der Waals surface area contributed by atoms with Crippen LogP contribution >= 0.6 is 34.5 Å². The van der Waals surface area contributed by atoms with Crippen molar-refractivity contribution in [3.8, 4) is 10.6 Å². The lowest BCUT2D eigenvalue weighted by Gasteiger charge is -2.27. The van der Waals surface area contributed by atoms with Gasteiger partial charge in [0.15, 0.2) is 0 Å². The smallest absolute Gasteiger partial charge is 0.322 e. The van der Waals surface area contributed by atoms with Crippen LogP contribution in [0.2, 0.25) is 10.0 Å². The average Bonchev–Trinajstić information content (AvgIpc) is 2.99. The topological polar surface area (TPSA) is 57.3 Å². The molecule has 2 N–H and O–H groups in total. The highest BCUT2D eigenvalue weighted by Gasteiger charge is 2.17. The van der Waals surface area contributed by atoms with Gasteiger partial charge in [0.2, 0.25) is 0 Å². The molecule has 1 aliphatic heterocycles. The molecule has 0 bridgehead atoms. The molecule has 0 aliphatic carbocycles. The quantitative estimate of drug-likeness (QED) is 0.864. The van der Waals surface area contributed by atoms with Crippen LogP contribution in [0.3, 0.4) is 0 Å². The van der Waals surface area contributed by atoms with E-state index in [0.717, 1.165) is 23.7 Å². The van der Waals surface area contributed by atoms with E-state index in [9.17, 15) is 4.79 Å². The van der Waals surface area contributed by atoms with Gasteiger partial charge in [0.05, 0.1) is 10.0 Å². The van der Waals surface area contributed by atoms with Crippen molar-refractivity contribution in [2.24, 2.45) is 0 Å². The van der Waals surface area contributed by atoms with Crippen molar-refractivity contribution in [1.82, 2.24) is 15.2 Å². The molecule has 2 heterocycles. The van der Waals surface area contributed by atoms with Crippen molar-refractivity contribution in [3.05, 3.63) is 33.6 Å². The van der Waals surface area contributed by atoms with Crippen LogP contribution in [0.25, 0.3) is 10.6 Å². The number of benzene rings is 1. The number of hydrogen-bond acceptors (Lipinski definition) is 4. The normalized spacial score (nSPS) is 14.9. The SMILES string of the molecule is O=C(Nc1csc(-c2ccc(Cl)c(Cl)c2)n1)N1CCNCC1. The van der Waals surface area contributed by atoms with Gasteiger partial charge in [-0.05, 0) is 12.1 Å². The van der Waals surface area contributed by atoms with Gasteiger partial charge in [-0.15, -0.1) is 11.3 Å². The Morgan fingerprint density at radius 3 is 2.77 bits per heavy atom. The van der Waals surface area contributed by atoms with E-state index in [1.807, 2.05) is 11.4 Å². The van der Waals surface area contributed by atoms with Crippen LogP contribution in [0.15, 0.2) is 23.6 Å². The van der Waals surface area contributed by atoms with Crippen molar-refractivity contribution >= 4 is 46.4 Å². The third-order valence-electron chi connectivity index (χ3n) is 3.31. The summed E-state index contributed by atoms with van der Waals surface area (Å²) in [7, 11) is 0. The summed E-state index contributed by atoms with van der Waals surface area (Å²) in [5, 5.41) is 9.64. The predicted molar refractivity (Wildman–Crippen MR) is 91.0 cm³/mol. The number of anilines is 1. The van der Waals surface area contributed by atoms with Crippen LogP contribution in [-0.4, -0.2) is 42.1 Å². The highest BCUT2D eigenvalue weighted by atomic mass is 35.5. The number of nitrogens with zero attached hydrogens (tertiary/aromatic N) is 2. The molecule has 1 saturated heterocycles. The summed E-state index contributed by atoms with van der Waals surface area (Å²) >= 11 is 13.4. The first kappa shape index (κ1) is 15.6. The highest BCUT2D eigenvalue weighted by molar-refractivity contribution is 7.13. The lowest BCUT2D eigenvalue weighted by molar-refractivity contribution is 0.204. The maximum atomic E-state index is 12.1. The molecule has 1 aromatic carbocycles.